The first-order valence-corrected chi connectivity index (χ1v) is 13.5. The summed E-state index contributed by atoms with van der Waals surface area (Å²) in [6.07, 6.45) is 1.61. The Morgan fingerprint density at radius 1 is 1.16 bits per heavy atom. The van der Waals surface area contributed by atoms with Gasteiger partial charge >= 0.3 is 0 Å². The second-order valence-corrected chi connectivity index (χ2v) is 11.8. The third-order valence-electron chi connectivity index (χ3n) is 5.24. The number of anilines is 1. The van der Waals surface area contributed by atoms with E-state index in [1.807, 2.05) is 45.0 Å². The Morgan fingerprint density at radius 3 is 2.57 bits per heavy atom. The standard InChI is InChI=1S/C27H23BrClIN4O3/c1-27(2,3)26-33-22-10-5-17(28)13-20(22)25(36)34(26)31-14-16-4-11-23(21(30)12-16)37-15-24(35)32-19-8-6-18(29)7-9-19/h4-14H,15H2,1-3H3,(H,32,35). The normalized spacial score (nSPS) is 11.7. The number of nitrogens with zero attached hydrogens (tertiary/aromatic N) is 3. The number of hydrogen-bond acceptors (Lipinski definition) is 5. The van der Waals surface area contributed by atoms with Gasteiger partial charge in [0.1, 0.15) is 11.6 Å². The van der Waals surface area contributed by atoms with Crippen LogP contribution in [0.2, 0.25) is 5.02 Å². The fourth-order valence-corrected chi connectivity index (χ4v) is 4.64. The molecule has 0 bridgehead atoms. The highest BCUT2D eigenvalue weighted by Gasteiger charge is 2.23. The van der Waals surface area contributed by atoms with Gasteiger partial charge in [0.25, 0.3) is 11.5 Å². The van der Waals surface area contributed by atoms with E-state index in [1.54, 1.807) is 42.6 Å². The number of hydrogen-bond donors (Lipinski definition) is 1. The average molecular weight is 694 g/mol. The summed E-state index contributed by atoms with van der Waals surface area (Å²) in [5, 5.41) is 8.34. The molecule has 4 rings (SSSR count). The third-order valence-corrected chi connectivity index (χ3v) is 6.83. The molecule has 37 heavy (non-hydrogen) atoms. The summed E-state index contributed by atoms with van der Waals surface area (Å²) in [7, 11) is 0. The summed E-state index contributed by atoms with van der Waals surface area (Å²) >= 11 is 11.4. The molecule has 3 aromatic carbocycles. The zero-order chi connectivity index (χ0) is 26.7. The molecule has 0 spiro atoms. The van der Waals surface area contributed by atoms with Crippen LogP contribution in [-0.4, -0.2) is 28.4 Å². The summed E-state index contributed by atoms with van der Waals surface area (Å²) in [6, 6.07) is 17.7. The number of halogens is 3. The largest absolute Gasteiger partial charge is 0.483 e. The van der Waals surface area contributed by atoms with Gasteiger partial charge in [0.05, 0.1) is 20.7 Å². The molecule has 4 aromatic rings. The summed E-state index contributed by atoms with van der Waals surface area (Å²) in [5.74, 6) is 0.840. The van der Waals surface area contributed by atoms with Crippen molar-refractivity contribution in [2.24, 2.45) is 5.10 Å². The maximum atomic E-state index is 13.3. The molecule has 0 aliphatic carbocycles. The molecular formula is C27H23BrClIN4O3. The minimum absolute atomic E-state index is 0.144. The lowest BCUT2D eigenvalue weighted by atomic mass is 9.95. The Bertz CT molecular complexity index is 1560. The predicted molar refractivity (Wildman–Crippen MR) is 160 cm³/mol. The number of rotatable bonds is 6. The first-order chi connectivity index (χ1) is 17.5. The van der Waals surface area contributed by atoms with Crippen LogP contribution in [0, 0.1) is 3.57 Å². The summed E-state index contributed by atoms with van der Waals surface area (Å²) in [6.45, 7) is 5.83. The van der Waals surface area contributed by atoms with Crippen LogP contribution in [0.5, 0.6) is 5.75 Å². The average Bonchev–Trinajstić information content (AvgIpc) is 2.84. The van der Waals surface area contributed by atoms with Gasteiger partial charge in [0, 0.05) is 20.6 Å². The van der Waals surface area contributed by atoms with E-state index in [-0.39, 0.29) is 18.1 Å². The number of carbonyl (C=O) groups excluding carboxylic acids is 1. The summed E-state index contributed by atoms with van der Waals surface area (Å²) < 4.78 is 8.64. The maximum absolute atomic E-state index is 13.3. The number of nitrogens with one attached hydrogen (secondary N) is 1. The number of benzene rings is 3. The van der Waals surface area contributed by atoms with E-state index >= 15 is 0 Å². The molecule has 10 heteroatoms. The van der Waals surface area contributed by atoms with Crippen LogP contribution in [0.15, 0.2) is 75.0 Å². The van der Waals surface area contributed by atoms with Crippen molar-refractivity contribution in [3.05, 3.63) is 95.5 Å². The van der Waals surface area contributed by atoms with Crippen LogP contribution in [0.3, 0.4) is 0 Å². The van der Waals surface area contributed by atoms with Crippen molar-refractivity contribution in [2.75, 3.05) is 11.9 Å². The van der Waals surface area contributed by atoms with Gasteiger partial charge in [0.15, 0.2) is 6.61 Å². The van der Waals surface area contributed by atoms with E-state index in [2.05, 4.69) is 48.9 Å². The van der Waals surface area contributed by atoms with E-state index in [4.69, 9.17) is 21.3 Å². The van der Waals surface area contributed by atoms with E-state index in [1.165, 1.54) is 4.68 Å². The van der Waals surface area contributed by atoms with E-state index in [0.717, 1.165) is 13.6 Å². The minimum Gasteiger partial charge on any atom is -0.483 e. The van der Waals surface area contributed by atoms with Gasteiger partial charge in [0.2, 0.25) is 0 Å². The topological polar surface area (TPSA) is 85.6 Å². The first kappa shape index (κ1) is 27.3. The van der Waals surface area contributed by atoms with Crippen molar-refractivity contribution < 1.29 is 9.53 Å². The van der Waals surface area contributed by atoms with Gasteiger partial charge < -0.3 is 10.1 Å². The highest BCUT2D eigenvalue weighted by Crippen LogP contribution is 2.24. The van der Waals surface area contributed by atoms with Crippen molar-refractivity contribution in [1.29, 1.82) is 0 Å². The Balaban J connectivity index is 1.53. The molecule has 1 N–H and O–H groups in total. The number of amides is 1. The van der Waals surface area contributed by atoms with Crippen LogP contribution in [0.1, 0.15) is 32.2 Å². The molecule has 0 atom stereocenters. The quantitative estimate of drug-likeness (QED) is 0.182. The van der Waals surface area contributed by atoms with Gasteiger partial charge in [-0.1, -0.05) is 48.3 Å². The van der Waals surface area contributed by atoms with Crippen LogP contribution in [-0.2, 0) is 10.2 Å². The monoisotopic (exact) mass is 692 g/mol. The predicted octanol–water partition coefficient (Wildman–Crippen LogP) is 6.61. The van der Waals surface area contributed by atoms with Gasteiger partial charge in [-0.2, -0.15) is 9.78 Å². The zero-order valence-corrected chi connectivity index (χ0v) is 24.8. The molecule has 190 valence electrons. The van der Waals surface area contributed by atoms with E-state index in [0.29, 0.717) is 33.2 Å². The highest BCUT2D eigenvalue weighted by atomic mass is 127. The second-order valence-electron chi connectivity index (χ2n) is 9.24. The van der Waals surface area contributed by atoms with Gasteiger partial charge in [-0.15, -0.1) is 0 Å². The third kappa shape index (κ3) is 6.77. The van der Waals surface area contributed by atoms with Crippen molar-refractivity contribution in [3.8, 4) is 5.75 Å². The molecule has 0 radical (unpaired) electrons. The molecule has 0 saturated heterocycles. The Hall–Kier alpha value is -2.76. The second kappa shape index (κ2) is 11.3. The molecule has 1 amide bonds. The summed E-state index contributed by atoms with van der Waals surface area (Å²) in [4.78, 5) is 30.3. The fourth-order valence-electron chi connectivity index (χ4n) is 3.45. The minimum atomic E-state index is -0.406. The smallest absolute Gasteiger partial charge is 0.282 e. The van der Waals surface area contributed by atoms with Gasteiger partial charge in [-0.05, 0) is 88.8 Å². The van der Waals surface area contributed by atoms with Crippen LogP contribution in [0.25, 0.3) is 10.9 Å². The number of aromatic nitrogens is 2. The summed E-state index contributed by atoms with van der Waals surface area (Å²) in [5.41, 5.74) is 1.38. The molecule has 1 heterocycles. The lowest BCUT2D eigenvalue weighted by Gasteiger charge is -2.20. The van der Waals surface area contributed by atoms with Crippen molar-refractivity contribution in [3.63, 3.8) is 0 Å². The first-order valence-electron chi connectivity index (χ1n) is 11.3. The highest BCUT2D eigenvalue weighted by molar-refractivity contribution is 14.1. The van der Waals surface area contributed by atoms with Gasteiger partial charge in [-0.25, -0.2) is 4.98 Å². The van der Waals surface area contributed by atoms with Crippen LogP contribution >= 0.6 is 50.1 Å². The SMILES string of the molecule is CC(C)(C)c1nc2ccc(Br)cc2c(=O)n1N=Cc1ccc(OCC(=O)Nc2ccc(Cl)cc2)c(I)c1. The molecule has 0 aliphatic rings. The Kier molecular flexibility index (Phi) is 8.35. The molecule has 0 saturated carbocycles. The molecule has 7 nitrogen and oxygen atoms in total. The van der Waals surface area contributed by atoms with Crippen molar-refractivity contribution >= 4 is 78.8 Å². The van der Waals surface area contributed by atoms with Crippen molar-refractivity contribution in [1.82, 2.24) is 9.66 Å². The lowest BCUT2D eigenvalue weighted by Crippen LogP contribution is -2.29. The fraction of sp³-hybridized carbons (Fsp3) is 0.185. The van der Waals surface area contributed by atoms with E-state index in [9.17, 15) is 9.59 Å². The molecule has 0 unspecified atom stereocenters. The Labute approximate surface area is 241 Å². The number of carbonyl (C=O) groups is 1. The number of fused-ring (bicyclic) bond motifs is 1. The van der Waals surface area contributed by atoms with Crippen LogP contribution in [0.4, 0.5) is 5.69 Å². The van der Waals surface area contributed by atoms with E-state index < -0.39 is 5.41 Å². The van der Waals surface area contributed by atoms with Crippen LogP contribution < -0.4 is 15.6 Å². The Morgan fingerprint density at radius 2 is 1.89 bits per heavy atom. The molecule has 1 aromatic heterocycles. The zero-order valence-electron chi connectivity index (χ0n) is 20.3. The van der Waals surface area contributed by atoms with Crippen molar-refractivity contribution in [2.45, 2.75) is 26.2 Å². The molecule has 0 aliphatic heterocycles. The van der Waals surface area contributed by atoms with Gasteiger partial charge in [-0.3, -0.25) is 9.59 Å². The molecule has 0 fully saturated rings. The number of ether oxygens (including phenoxy) is 1. The maximum Gasteiger partial charge on any atom is 0.282 e. The lowest BCUT2D eigenvalue weighted by molar-refractivity contribution is -0.118. The molecular weight excluding hydrogens is 671 g/mol.